The molecule has 0 aromatic rings. The Hall–Kier alpha value is -1.13. The minimum absolute atomic E-state index is 0.418. The number of carbonyl (C=O) groups is 2. The van der Waals surface area contributed by atoms with Crippen molar-refractivity contribution in [3.8, 4) is 0 Å². The van der Waals surface area contributed by atoms with E-state index in [-0.39, 0.29) is 0 Å². The van der Waals surface area contributed by atoms with Crippen LogP contribution in [0.2, 0.25) is 0 Å². The highest BCUT2D eigenvalue weighted by atomic mass is 19.1. The minimum Gasteiger partial charge on any atom is -0.456 e. The first-order valence-corrected chi connectivity index (χ1v) is 8.26. The number of rotatable bonds is 4. The van der Waals surface area contributed by atoms with Crippen LogP contribution in [0.15, 0.2) is 0 Å². The summed E-state index contributed by atoms with van der Waals surface area (Å²) in [4.78, 5) is 23.4. The van der Waals surface area contributed by atoms with Crippen molar-refractivity contribution >= 4 is 11.9 Å². The Bertz CT molecular complexity index is 452. The molecule has 0 aliphatic heterocycles. The second-order valence-electron chi connectivity index (χ2n) is 8.01. The molecule has 4 saturated carbocycles. The first kappa shape index (κ1) is 15.8. The lowest BCUT2D eigenvalue weighted by Crippen LogP contribution is -2.58. The van der Waals surface area contributed by atoms with Crippen LogP contribution in [0.25, 0.3) is 0 Å². The third-order valence-corrected chi connectivity index (χ3v) is 5.90. The van der Waals surface area contributed by atoms with Crippen LogP contribution in [0.3, 0.4) is 0 Å². The predicted molar refractivity (Wildman–Crippen MR) is 77.7 cm³/mol. The molecule has 4 nitrogen and oxygen atoms in total. The molecule has 0 heterocycles. The highest BCUT2D eigenvalue weighted by Gasteiger charge is 2.57. The Balaban J connectivity index is 1.58. The molecule has 0 aromatic carbocycles. The molecule has 22 heavy (non-hydrogen) atoms. The van der Waals surface area contributed by atoms with Crippen molar-refractivity contribution in [2.75, 3.05) is 6.61 Å². The number of ether oxygens (including phenoxy) is 2. The van der Waals surface area contributed by atoms with Crippen LogP contribution in [0.1, 0.15) is 52.9 Å². The van der Waals surface area contributed by atoms with Gasteiger partial charge in [-0.1, -0.05) is 0 Å². The zero-order valence-corrected chi connectivity index (χ0v) is 13.6. The lowest BCUT2D eigenvalue weighted by atomic mass is 9.50. The second kappa shape index (κ2) is 5.20. The van der Waals surface area contributed by atoms with Crippen molar-refractivity contribution in [2.24, 2.45) is 23.7 Å². The van der Waals surface area contributed by atoms with Crippen molar-refractivity contribution in [1.29, 1.82) is 0 Å². The van der Waals surface area contributed by atoms with Gasteiger partial charge in [-0.15, -0.1) is 0 Å². The maximum absolute atomic E-state index is 13.4. The molecule has 4 rings (SSSR count). The van der Waals surface area contributed by atoms with E-state index in [4.69, 9.17) is 9.47 Å². The van der Waals surface area contributed by atoms with Gasteiger partial charge in [-0.25, -0.2) is 14.0 Å². The van der Waals surface area contributed by atoms with Crippen LogP contribution in [0, 0.1) is 23.7 Å². The topological polar surface area (TPSA) is 52.6 Å². The SMILES string of the molecule is CC(C)(F)C(=O)OCC(=O)OC1(C)C2CC3CC(C2)CC1C3. The Kier molecular flexibility index (Phi) is 3.73. The smallest absolute Gasteiger partial charge is 0.344 e. The average molecular weight is 312 g/mol. The van der Waals surface area contributed by atoms with Gasteiger partial charge >= 0.3 is 11.9 Å². The van der Waals surface area contributed by atoms with E-state index in [1.807, 2.05) is 6.92 Å². The number of carbonyl (C=O) groups excluding carboxylic acids is 2. The molecule has 4 aliphatic carbocycles. The summed E-state index contributed by atoms with van der Waals surface area (Å²) in [7, 11) is 0. The fraction of sp³-hybridized carbons (Fsp3) is 0.882. The van der Waals surface area contributed by atoms with Crippen molar-refractivity contribution < 1.29 is 23.5 Å². The van der Waals surface area contributed by atoms with E-state index in [0.29, 0.717) is 11.8 Å². The van der Waals surface area contributed by atoms with Gasteiger partial charge in [0, 0.05) is 0 Å². The molecule has 124 valence electrons. The van der Waals surface area contributed by atoms with E-state index >= 15 is 0 Å². The van der Waals surface area contributed by atoms with Crippen LogP contribution in [-0.2, 0) is 19.1 Å². The maximum atomic E-state index is 13.4. The van der Waals surface area contributed by atoms with E-state index in [2.05, 4.69) is 0 Å². The normalized spacial score (nSPS) is 39.6. The first-order valence-electron chi connectivity index (χ1n) is 8.26. The largest absolute Gasteiger partial charge is 0.456 e. The van der Waals surface area contributed by atoms with Gasteiger partial charge in [0.2, 0.25) is 5.67 Å². The van der Waals surface area contributed by atoms with Gasteiger partial charge in [-0.05, 0) is 76.5 Å². The molecule has 0 aromatic heterocycles. The number of alkyl halides is 1. The molecule has 5 heteroatoms. The van der Waals surface area contributed by atoms with E-state index in [1.165, 1.54) is 6.42 Å². The lowest BCUT2D eigenvalue weighted by Gasteiger charge is -2.59. The zero-order chi connectivity index (χ0) is 16.1. The summed E-state index contributed by atoms with van der Waals surface area (Å²) in [6.07, 6.45) is 5.87. The molecule has 0 saturated heterocycles. The zero-order valence-electron chi connectivity index (χ0n) is 13.6. The molecule has 0 unspecified atom stereocenters. The Morgan fingerprint density at radius 3 is 2.05 bits per heavy atom. The summed E-state index contributed by atoms with van der Waals surface area (Å²) >= 11 is 0. The van der Waals surface area contributed by atoms with Crippen LogP contribution >= 0.6 is 0 Å². The van der Waals surface area contributed by atoms with Gasteiger partial charge in [0.1, 0.15) is 5.60 Å². The number of halogens is 1. The maximum Gasteiger partial charge on any atom is 0.344 e. The van der Waals surface area contributed by atoms with Crippen molar-refractivity contribution in [3.63, 3.8) is 0 Å². The quantitative estimate of drug-likeness (QED) is 0.749. The van der Waals surface area contributed by atoms with E-state index in [1.54, 1.807) is 0 Å². The van der Waals surface area contributed by atoms with Gasteiger partial charge in [-0.2, -0.15) is 0 Å². The summed E-state index contributed by atoms with van der Waals surface area (Å²) in [5, 5.41) is 0. The first-order chi connectivity index (χ1) is 10.2. The van der Waals surface area contributed by atoms with Crippen LogP contribution in [0.5, 0.6) is 0 Å². The molecular formula is C17H25FO4. The van der Waals surface area contributed by atoms with E-state index in [0.717, 1.165) is 51.4 Å². The van der Waals surface area contributed by atoms with Gasteiger partial charge in [-0.3, -0.25) is 0 Å². The third kappa shape index (κ3) is 2.74. The van der Waals surface area contributed by atoms with Crippen molar-refractivity contribution in [1.82, 2.24) is 0 Å². The highest BCUT2D eigenvalue weighted by Crippen LogP contribution is 2.59. The van der Waals surface area contributed by atoms with Gasteiger partial charge in [0.05, 0.1) is 0 Å². The van der Waals surface area contributed by atoms with Crippen LogP contribution < -0.4 is 0 Å². The Labute approximate surface area is 130 Å². The molecule has 0 radical (unpaired) electrons. The fourth-order valence-corrected chi connectivity index (χ4v) is 4.86. The third-order valence-electron chi connectivity index (χ3n) is 5.90. The fourth-order valence-electron chi connectivity index (χ4n) is 4.86. The Morgan fingerprint density at radius 1 is 1.09 bits per heavy atom. The molecule has 0 amide bonds. The van der Waals surface area contributed by atoms with Gasteiger partial charge in [0.25, 0.3) is 0 Å². The van der Waals surface area contributed by atoms with Crippen molar-refractivity contribution in [3.05, 3.63) is 0 Å². The minimum atomic E-state index is -2.09. The van der Waals surface area contributed by atoms with Crippen LogP contribution in [0.4, 0.5) is 4.39 Å². The van der Waals surface area contributed by atoms with Gasteiger partial charge < -0.3 is 9.47 Å². The standard InChI is InChI=1S/C17H25FO4/c1-16(2,18)15(20)21-9-14(19)22-17(3)12-5-10-4-11(7-12)8-13(17)6-10/h10-13H,4-9H2,1-3H3. The number of hydrogen-bond donors (Lipinski definition) is 0. The van der Waals surface area contributed by atoms with Gasteiger partial charge in [0.15, 0.2) is 6.61 Å². The highest BCUT2D eigenvalue weighted by molar-refractivity contribution is 5.81. The average Bonchev–Trinajstić information content (AvgIpc) is 2.40. The summed E-state index contributed by atoms with van der Waals surface area (Å²) < 4.78 is 23.8. The summed E-state index contributed by atoms with van der Waals surface area (Å²) in [6.45, 7) is 3.74. The molecule has 0 N–H and O–H groups in total. The summed E-state index contributed by atoms with van der Waals surface area (Å²) in [5.41, 5.74) is -2.53. The molecule has 4 fully saturated rings. The molecular weight excluding hydrogens is 287 g/mol. The number of hydrogen-bond acceptors (Lipinski definition) is 4. The Morgan fingerprint density at radius 2 is 1.59 bits per heavy atom. The number of esters is 2. The van der Waals surface area contributed by atoms with Crippen LogP contribution in [-0.4, -0.2) is 29.8 Å². The molecule has 4 bridgehead atoms. The van der Waals surface area contributed by atoms with E-state index in [9.17, 15) is 14.0 Å². The summed E-state index contributed by atoms with van der Waals surface area (Å²) in [5.74, 6) is 0.827. The monoisotopic (exact) mass is 312 g/mol. The van der Waals surface area contributed by atoms with E-state index < -0.39 is 29.8 Å². The predicted octanol–water partition coefficient (Wildman–Crippen LogP) is 3.04. The molecule has 4 aliphatic rings. The van der Waals surface area contributed by atoms with Crippen molar-refractivity contribution in [2.45, 2.75) is 64.1 Å². The molecule has 0 atom stereocenters. The lowest BCUT2D eigenvalue weighted by molar-refractivity contribution is -0.208. The molecule has 0 spiro atoms. The second-order valence-corrected chi connectivity index (χ2v) is 8.01. The summed E-state index contributed by atoms with van der Waals surface area (Å²) in [6, 6.07) is 0.